The number of thiophene rings is 2. The van der Waals surface area contributed by atoms with Crippen molar-refractivity contribution in [1.29, 1.82) is 0 Å². The van der Waals surface area contributed by atoms with E-state index < -0.39 is 6.10 Å². The molecule has 0 spiro atoms. The van der Waals surface area contributed by atoms with E-state index in [-0.39, 0.29) is 0 Å². The first-order chi connectivity index (χ1) is 7.61. The summed E-state index contributed by atoms with van der Waals surface area (Å²) in [6.07, 6.45) is -0.529. The topological polar surface area (TPSA) is 29.5 Å². The van der Waals surface area contributed by atoms with Crippen LogP contribution in [0.25, 0.3) is 0 Å². The third kappa shape index (κ3) is 2.14. The first-order valence-electron chi connectivity index (χ1n) is 4.99. The molecule has 0 aromatic carbocycles. The second-order valence-electron chi connectivity index (χ2n) is 3.66. The van der Waals surface area contributed by atoms with Gasteiger partial charge in [-0.2, -0.15) is 0 Å². The molecule has 2 aromatic rings. The van der Waals surface area contributed by atoms with Gasteiger partial charge in [-0.25, -0.2) is 0 Å². The summed E-state index contributed by atoms with van der Waals surface area (Å²) in [5.41, 5.74) is 1.01. The lowest BCUT2D eigenvalue weighted by Crippen LogP contribution is -1.96. The van der Waals surface area contributed by atoms with Crippen LogP contribution in [0, 0.1) is 13.8 Å². The van der Waals surface area contributed by atoms with Gasteiger partial charge in [-0.3, -0.25) is 0 Å². The normalized spacial score (nSPS) is 12.8. The average molecular weight is 254 g/mol. The minimum Gasteiger partial charge on any atom is -0.496 e. The molecule has 0 aliphatic rings. The van der Waals surface area contributed by atoms with E-state index in [4.69, 9.17) is 4.74 Å². The maximum Gasteiger partial charge on any atom is 0.129 e. The van der Waals surface area contributed by atoms with Crippen LogP contribution in [0.4, 0.5) is 0 Å². The van der Waals surface area contributed by atoms with Crippen LogP contribution >= 0.6 is 22.7 Å². The number of aliphatic hydroxyl groups is 1. The molecule has 0 aliphatic heterocycles. The summed E-state index contributed by atoms with van der Waals surface area (Å²) in [6.45, 7) is 4.10. The van der Waals surface area contributed by atoms with E-state index in [1.54, 1.807) is 18.4 Å². The molecule has 4 heteroatoms. The Labute approximate surface area is 103 Å². The summed E-state index contributed by atoms with van der Waals surface area (Å²) < 4.78 is 5.12. The van der Waals surface area contributed by atoms with Crippen molar-refractivity contribution in [2.45, 2.75) is 20.0 Å². The molecule has 1 unspecified atom stereocenters. The fourth-order valence-electron chi connectivity index (χ4n) is 1.66. The van der Waals surface area contributed by atoms with E-state index in [0.717, 1.165) is 16.2 Å². The van der Waals surface area contributed by atoms with Crippen molar-refractivity contribution in [2.75, 3.05) is 7.11 Å². The Hall–Kier alpha value is -0.840. The molecule has 16 heavy (non-hydrogen) atoms. The number of ether oxygens (including phenoxy) is 1. The average Bonchev–Trinajstić information content (AvgIpc) is 2.84. The molecule has 2 nitrogen and oxygen atoms in total. The van der Waals surface area contributed by atoms with Crippen LogP contribution in [0.1, 0.15) is 26.3 Å². The fourth-order valence-corrected chi connectivity index (χ4v) is 3.47. The molecule has 0 amide bonds. The lowest BCUT2D eigenvalue weighted by Gasteiger charge is -2.07. The molecule has 2 rings (SSSR count). The summed E-state index contributed by atoms with van der Waals surface area (Å²) >= 11 is 3.24. The molecule has 2 aromatic heterocycles. The molecule has 1 N–H and O–H groups in total. The van der Waals surface area contributed by atoms with Gasteiger partial charge in [0.05, 0.1) is 7.11 Å². The zero-order valence-electron chi connectivity index (χ0n) is 9.48. The van der Waals surface area contributed by atoms with Gasteiger partial charge in [0.25, 0.3) is 0 Å². The maximum absolute atomic E-state index is 10.3. The van der Waals surface area contributed by atoms with Crippen LogP contribution in [-0.2, 0) is 0 Å². The van der Waals surface area contributed by atoms with Crippen molar-refractivity contribution < 1.29 is 9.84 Å². The van der Waals surface area contributed by atoms with E-state index in [0.29, 0.717) is 0 Å². The van der Waals surface area contributed by atoms with Gasteiger partial charge in [-0.1, -0.05) is 0 Å². The largest absolute Gasteiger partial charge is 0.496 e. The van der Waals surface area contributed by atoms with Crippen LogP contribution in [-0.4, -0.2) is 12.2 Å². The maximum atomic E-state index is 10.3. The number of hydrogen-bond acceptors (Lipinski definition) is 4. The minimum absolute atomic E-state index is 0.529. The minimum atomic E-state index is -0.529. The van der Waals surface area contributed by atoms with Crippen LogP contribution in [0.2, 0.25) is 0 Å². The third-order valence-corrected chi connectivity index (χ3v) is 4.42. The Kier molecular flexibility index (Phi) is 3.33. The molecule has 0 aliphatic carbocycles. The van der Waals surface area contributed by atoms with Gasteiger partial charge in [0.2, 0.25) is 0 Å². The number of hydrogen-bond donors (Lipinski definition) is 1. The standard InChI is InChI=1S/C12H14O2S2/c1-7-4-10(8(2)16-7)12(13)11-5-9(14-3)6-15-11/h4-6,12-13H,1-3H3. The second kappa shape index (κ2) is 4.57. The summed E-state index contributed by atoms with van der Waals surface area (Å²) in [5.74, 6) is 0.809. The van der Waals surface area contributed by atoms with Crippen molar-refractivity contribution in [3.8, 4) is 5.75 Å². The number of aryl methyl sites for hydroxylation is 2. The lowest BCUT2D eigenvalue weighted by atomic mass is 10.1. The zero-order valence-corrected chi connectivity index (χ0v) is 11.1. The van der Waals surface area contributed by atoms with Gasteiger partial charge in [0.15, 0.2) is 0 Å². The quantitative estimate of drug-likeness (QED) is 0.908. The van der Waals surface area contributed by atoms with Crippen LogP contribution in [0.15, 0.2) is 17.5 Å². The fraction of sp³-hybridized carbons (Fsp3) is 0.333. The molecule has 0 fully saturated rings. The first kappa shape index (κ1) is 11.6. The van der Waals surface area contributed by atoms with E-state index in [2.05, 4.69) is 13.0 Å². The molecule has 0 radical (unpaired) electrons. The van der Waals surface area contributed by atoms with Gasteiger partial charge < -0.3 is 9.84 Å². The van der Waals surface area contributed by atoms with Crippen molar-refractivity contribution in [1.82, 2.24) is 0 Å². The molecule has 2 heterocycles. The Morgan fingerprint density at radius 3 is 2.56 bits per heavy atom. The molecular weight excluding hydrogens is 240 g/mol. The highest BCUT2D eigenvalue weighted by Crippen LogP contribution is 2.35. The first-order valence-corrected chi connectivity index (χ1v) is 6.69. The highest BCUT2D eigenvalue weighted by atomic mass is 32.1. The zero-order chi connectivity index (χ0) is 11.7. The Morgan fingerprint density at radius 1 is 1.31 bits per heavy atom. The Morgan fingerprint density at radius 2 is 2.06 bits per heavy atom. The Balaban J connectivity index is 2.31. The van der Waals surface area contributed by atoms with E-state index in [9.17, 15) is 5.11 Å². The summed E-state index contributed by atoms with van der Waals surface area (Å²) in [5, 5.41) is 12.2. The second-order valence-corrected chi connectivity index (χ2v) is 6.06. The summed E-state index contributed by atoms with van der Waals surface area (Å²) in [7, 11) is 1.64. The number of methoxy groups -OCH3 is 1. The molecule has 0 saturated carbocycles. The highest BCUT2D eigenvalue weighted by Gasteiger charge is 2.17. The molecular formula is C12H14O2S2. The lowest BCUT2D eigenvalue weighted by molar-refractivity contribution is 0.223. The predicted octanol–water partition coefficient (Wildman–Crippen LogP) is 3.52. The monoisotopic (exact) mass is 254 g/mol. The predicted molar refractivity (Wildman–Crippen MR) is 68.7 cm³/mol. The molecule has 86 valence electrons. The van der Waals surface area contributed by atoms with Crippen LogP contribution < -0.4 is 4.74 Å². The smallest absolute Gasteiger partial charge is 0.129 e. The molecule has 0 saturated heterocycles. The number of rotatable bonds is 3. The van der Waals surface area contributed by atoms with Crippen molar-refractivity contribution in [2.24, 2.45) is 0 Å². The summed E-state index contributed by atoms with van der Waals surface area (Å²) in [4.78, 5) is 3.34. The Bertz CT molecular complexity index is 485. The third-order valence-electron chi connectivity index (χ3n) is 2.47. The van der Waals surface area contributed by atoms with Crippen molar-refractivity contribution >= 4 is 22.7 Å². The van der Waals surface area contributed by atoms with E-state index in [1.807, 2.05) is 18.4 Å². The van der Waals surface area contributed by atoms with Gasteiger partial charge in [-0.05, 0) is 31.5 Å². The van der Waals surface area contributed by atoms with Crippen LogP contribution in [0.3, 0.4) is 0 Å². The van der Waals surface area contributed by atoms with Gasteiger partial charge in [0, 0.05) is 20.0 Å². The molecule has 0 bridgehead atoms. The van der Waals surface area contributed by atoms with Gasteiger partial charge >= 0.3 is 0 Å². The highest BCUT2D eigenvalue weighted by molar-refractivity contribution is 7.12. The summed E-state index contributed by atoms with van der Waals surface area (Å²) in [6, 6.07) is 3.94. The molecule has 1 atom stereocenters. The van der Waals surface area contributed by atoms with Crippen molar-refractivity contribution in [3.05, 3.63) is 37.7 Å². The SMILES string of the molecule is COc1csc(C(O)c2cc(C)sc2C)c1. The van der Waals surface area contributed by atoms with E-state index >= 15 is 0 Å². The van der Waals surface area contributed by atoms with Gasteiger partial charge in [0.1, 0.15) is 11.9 Å². The van der Waals surface area contributed by atoms with Crippen molar-refractivity contribution in [3.63, 3.8) is 0 Å². The van der Waals surface area contributed by atoms with Gasteiger partial charge in [-0.15, -0.1) is 22.7 Å². The number of aliphatic hydroxyl groups excluding tert-OH is 1. The van der Waals surface area contributed by atoms with Crippen LogP contribution in [0.5, 0.6) is 5.75 Å². The van der Waals surface area contributed by atoms with E-state index in [1.165, 1.54) is 21.1 Å².